The van der Waals surface area contributed by atoms with Crippen LogP contribution < -0.4 is 24.2 Å². The van der Waals surface area contributed by atoms with Gasteiger partial charge in [0.05, 0.1) is 13.2 Å². The molecule has 0 saturated carbocycles. The lowest BCUT2D eigenvalue weighted by Gasteiger charge is -2.30. The van der Waals surface area contributed by atoms with Crippen molar-refractivity contribution in [1.29, 1.82) is 0 Å². The first-order valence-electron chi connectivity index (χ1n) is 21.4. The smallest absolute Gasteiger partial charge is 0.125 e. The standard InChI is InChI=1S/C47H75N3O2/c1-9-17-31-49(32-18-10-2)41-27-29-43(45(37-41)51-35-21-13-5)47(39-23-25-40(26-24-39)48(15-7)16-8)44-30-28-42(38-46(44)52-36-22-14-6)50(33-19-11-3)34-20-12-4/h23-30,37-38,47H,9-22,31-36H2,1-8H3. The van der Waals surface area contributed by atoms with Crippen LogP contribution >= 0.6 is 0 Å². The minimum Gasteiger partial charge on any atom is -0.493 e. The van der Waals surface area contributed by atoms with E-state index in [0.29, 0.717) is 13.2 Å². The van der Waals surface area contributed by atoms with Crippen molar-refractivity contribution >= 4 is 17.1 Å². The third-order valence-corrected chi connectivity index (χ3v) is 10.3. The van der Waals surface area contributed by atoms with Gasteiger partial charge in [-0.15, -0.1) is 0 Å². The van der Waals surface area contributed by atoms with Crippen LogP contribution in [0.15, 0.2) is 60.7 Å². The molecule has 0 aromatic heterocycles. The molecule has 0 spiro atoms. The van der Waals surface area contributed by atoms with Crippen LogP contribution in [0.4, 0.5) is 17.1 Å². The molecule has 0 unspecified atom stereocenters. The molecule has 3 aromatic rings. The number of hydrogen-bond donors (Lipinski definition) is 0. The molecule has 3 aromatic carbocycles. The molecular weight excluding hydrogens is 639 g/mol. The maximum Gasteiger partial charge on any atom is 0.125 e. The van der Waals surface area contributed by atoms with Crippen LogP contribution in [0.2, 0.25) is 0 Å². The van der Waals surface area contributed by atoms with Crippen molar-refractivity contribution in [3.05, 3.63) is 77.4 Å². The number of unbranched alkanes of at least 4 members (excludes halogenated alkanes) is 6. The van der Waals surface area contributed by atoms with Gasteiger partial charge in [-0.05, 0) is 82.2 Å². The zero-order valence-corrected chi connectivity index (χ0v) is 34.7. The lowest BCUT2D eigenvalue weighted by Crippen LogP contribution is -2.26. The molecule has 52 heavy (non-hydrogen) atoms. The SMILES string of the molecule is CCCCOc1cc(N(CCCC)CCCC)ccc1C(c1ccc(N(CC)CC)cc1)c1ccc(N(CCCC)CCCC)cc1OCCCC. The summed E-state index contributed by atoms with van der Waals surface area (Å²) in [6, 6.07) is 23.4. The molecule has 0 amide bonds. The van der Waals surface area contributed by atoms with E-state index in [1.165, 1.54) is 85.1 Å². The molecule has 0 aliphatic carbocycles. The molecule has 3 rings (SSSR count). The lowest BCUT2D eigenvalue weighted by atomic mass is 9.83. The Balaban J connectivity index is 2.29. The average Bonchev–Trinajstić information content (AvgIpc) is 3.17. The Kier molecular flexibility index (Phi) is 20.6. The van der Waals surface area contributed by atoms with Crippen LogP contribution in [-0.4, -0.2) is 52.5 Å². The summed E-state index contributed by atoms with van der Waals surface area (Å²) < 4.78 is 13.6. The largest absolute Gasteiger partial charge is 0.493 e. The number of ether oxygens (including phenoxy) is 2. The fourth-order valence-corrected chi connectivity index (χ4v) is 6.95. The zero-order valence-electron chi connectivity index (χ0n) is 34.7. The van der Waals surface area contributed by atoms with Gasteiger partial charge in [-0.1, -0.05) is 104 Å². The molecule has 0 fully saturated rings. The van der Waals surface area contributed by atoms with Crippen LogP contribution in [0.25, 0.3) is 0 Å². The van der Waals surface area contributed by atoms with E-state index in [4.69, 9.17) is 9.47 Å². The third-order valence-electron chi connectivity index (χ3n) is 10.3. The summed E-state index contributed by atoms with van der Waals surface area (Å²) in [6.45, 7) is 25.8. The molecule has 0 saturated heterocycles. The minimum absolute atomic E-state index is 0.0402. The lowest BCUT2D eigenvalue weighted by molar-refractivity contribution is 0.302. The van der Waals surface area contributed by atoms with Crippen LogP contribution in [0.1, 0.15) is 155 Å². The van der Waals surface area contributed by atoms with Gasteiger partial charge in [0.2, 0.25) is 0 Å². The van der Waals surface area contributed by atoms with Crippen molar-refractivity contribution in [3.63, 3.8) is 0 Å². The molecule has 0 bridgehead atoms. The fraction of sp³-hybridized carbons (Fsp3) is 0.617. The second kappa shape index (κ2) is 24.8. The van der Waals surface area contributed by atoms with Crippen molar-refractivity contribution in [2.75, 3.05) is 67.2 Å². The van der Waals surface area contributed by atoms with Crippen molar-refractivity contribution in [2.45, 2.75) is 138 Å². The fourth-order valence-electron chi connectivity index (χ4n) is 6.95. The predicted octanol–water partition coefficient (Wildman–Crippen LogP) is 12.9. The quantitative estimate of drug-likeness (QED) is 0.0552. The van der Waals surface area contributed by atoms with E-state index in [2.05, 4.69) is 131 Å². The number of benzene rings is 3. The second-order valence-electron chi connectivity index (χ2n) is 14.4. The molecule has 0 aliphatic heterocycles. The second-order valence-corrected chi connectivity index (χ2v) is 14.4. The van der Waals surface area contributed by atoms with Gasteiger partial charge in [0.1, 0.15) is 11.5 Å². The number of nitrogens with zero attached hydrogens (tertiary/aromatic N) is 3. The molecular formula is C47H75N3O2. The Hall–Kier alpha value is -3.34. The highest BCUT2D eigenvalue weighted by molar-refractivity contribution is 5.63. The van der Waals surface area contributed by atoms with Crippen LogP contribution in [0, 0.1) is 0 Å². The normalized spacial score (nSPS) is 11.2. The Labute approximate surface area is 320 Å². The summed E-state index contributed by atoms with van der Waals surface area (Å²) >= 11 is 0. The van der Waals surface area contributed by atoms with E-state index < -0.39 is 0 Å². The summed E-state index contributed by atoms with van der Waals surface area (Å²) in [5.41, 5.74) is 7.49. The summed E-state index contributed by atoms with van der Waals surface area (Å²) in [4.78, 5) is 7.57. The van der Waals surface area contributed by atoms with E-state index >= 15 is 0 Å². The van der Waals surface area contributed by atoms with Crippen molar-refractivity contribution < 1.29 is 9.47 Å². The Morgan fingerprint density at radius 2 is 0.788 bits per heavy atom. The molecule has 290 valence electrons. The number of hydrogen-bond acceptors (Lipinski definition) is 5. The van der Waals surface area contributed by atoms with E-state index in [1.807, 2.05) is 0 Å². The first-order chi connectivity index (χ1) is 25.5. The van der Waals surface area contributed by atoms with Crippen LogP contribution in [0.3, 0.4) is 0 Å². The van der Waals surface area contributed by atoms with E-state index in [1.54, 1.807) is 0 Å². The highest BCUT2D eigenvalue weighted by atomic mass is 16.5. The minimum atomic E-state index is -0.0402. The van der Waals surface area contributed by atoms with E-state index in [-0.39, 0.29) is 5.92 Å². The first-order valence-corrected chi connectivity index (χ1v) is 21.4. The Morgan fingerprint density at radius 3 is 1.13 bits per heavy atom. The average molecular weight is 714 g/mol. The van der Waals surface area contributed by atoms with Gasteiger partial charge >= 0.3 is 0 Å². The number of anilines is 3. The van der Waals surface area contributed by atoms with Gasteiger partial charge in [-0.25, -0.2) is 0 Å². The monoisotopic (exact) mass is 714 g/mol. The summed E-state index contributed by atoms with van der Waals surface area (Å²) in [5, 5.41) is 0. The Bertz CT molecular complexity index is 1280. The van der Waals surface area contributed by atoms with Gasteiger partial charge in [0.25, 0.3) is 0 Å². The highest BCUT2D eigenvalue weighted by Gasteiger charge is 2.26. The molecule has 0 heterocycles. The van der Waals surface area contributed by atoms with E-state index in [0.717, 1.165) is 76.5 Å². The summed E-state index contributed by atoms with van der Waals surface area (Å²) in [7, 11) is 0. The Morgan fingerprint density at radius 1 is 0.423 bits per heavy atom. The molecule has 5 nitrogen and oxygen atoms in total. The van der Waals surface area contributed by atoms with Gasteiger partial charge in [0.15, 0.2) is 0 Å². The van der Waals surface area contributed by atoms with Gasteiger partial charge < -0.3 is 24.2 Å². The third kappa shape index (κ3) is 13.0. The van der Waals surface area contributed by atoms with Crippen LogP contribution in [-0.2, 0) is 0 Å². The molecule has 5 heteroatoms. The van der Waals surface area contributed by atoms with Crippen molar-refractivity contribution in [1.82, 2.24) is 0 Å². The maximum absolute atomic E-state index is 6.80. The van der Waals surface area contributed by atoms with E-state index in [9.17, 15) is 0 Å². The van der Waals surface area contributed by atoms with Gasteiger partial charge in [-0.2, -0.15) is 0 Å². The van der Waals surface area contributed by atoms with Crippen molar-refractivity contribution in [2.24, 2.45) is 0 Å². The molecule has 0 aliphatic rings. The predicted molar refractivity (Wildman–Crippen MR) is 229 cm³/mol. The maximum atomic E-state index is 6.80. The summed E-state index contributed by atoms with van der Waals surface area (Å²) in [6.07, 6.45) is 13.8. The number of rotatable bonds is 28. The van der Waals surface area contributed by atoms with Gasteiger partial charge in [0, 0.05) is 85.5 Å². The highest BCUT2D eigenvalue weighted by Crippen LogP contribution is 2.44. The topological polar surface area (TPSA) is 28.2 Å². The molecule has 0 atom stereocenters. The van der Waals surface area contributed by atoms with Crippen LogP contribution in [0.5, 0.6) is 11.5 Å². The molecule has 0 N–H and O–H groups in total. The van der Waals surface area contributed by atoms with Crippen molar-refractivity contribution in [3.8, 4) is 11.5 Å². The molecule has 0 radical (unpaired) electrons. The summed E-state index contributed by atoms with van der Waals surface area (Å²) in [5.74, 6) is 1.96. The first kappa shape index (κ1) is 43.1. The van der Waals surface area contributed by atoms with Gasteiger partial charge in [-0.3, -0.25) is 0 Å². The zero-order chi connectivity index (χ0) is 37.6.